The number of aromatic nitrogens is 3. The van der Waals surface area contributed by atoms with Gasteiger partial charge in [-0.15, -0.1) is 0 Å². The molecule has 0 bridgehead atoms. The number of halogens is 1. The summed E-state index contributed by atoms with van der Waals surface area (Å²) in [6.45, 7) is 10.2. The molecule has 0 aromatic carbocycles. The predicted molar refractivity (Wildman–Crippen MR) is 111 cm³/mol. The molecule has 26 heavy (non-hydrogen) atoms. The van der Waals surface area contributed by atoms with E-state index < -0.39 is 8.07 Å². The first-order chi connectivity index (χ1) is 12.3. The van der Waals surface area contributed by atoms with Crippen LogP contribution in [0.15, 0.2) is 28.0 Å². The molecule has 0 saturated carbocycles. The molecule has 0 aliphatic rings. The van der Waals surface area contributed by atoms with Crippen LogP contribution >= 0.6 is 23.4 Å². The number of hydrogen-bond donors (Lipinski definition) is 0. The largest absolute Gasteiger partial charge is 0.429 e. The van der Waals surface area contributed by atoms with E-state index in [1.807, 2.05) is 30.0 Å². The Bertz CT molecular complexity index is 917. The number of thioether (sulfide) groups is 1. The number of aryl methyl sites for hydroxylation is 1. The first kappa shape index (κ1) is 19.5. The quantitative estimate of drug-likeness (QED) is 0.285. The molecular formula is C18H24ClN3O2SSi. The van der Waals surface area contributed by atoms with Crippen LogP contribution in [0.1, 0.15) is 5.69 Å². The fourth-order valence-corrected chi connectivity index (χ4v) is 4.13. The summed E-state index contributed by atoms with van der Waals surface area (Å²) in [5.41, 5.74) is 2.37. The molecule has 3 heterocycles. The molecule has 8 heteroatoms. The van der Waals surface area contributed by atoms with Gasteiger partial charge in [-0.25, -0.2) is 9.97 Å². The number of hydrogen-bond acceptors (Lipinski definition) is 5. The summed E-state index contributed by atoms with van der Waals surface area (Å²) in [5, 5.41) is 2.27. The lowest BCUT2D eigenvalue weighted by molar-refractivity contribution is 0.0899. The Morgan fingerprint density at radius 3 is 2.77 bits per heavy atom. The van der Waals surface area contributed by atoms with Gasteiger partial charge in [-0.1, -0.05) is 43.0 Å². The van der Waals surface area contributed by atoms with E-state index in [9.17, 15) is 0 Å². The van der Waals surface area contributed by atoms with Gasteiger partial charge in [-0.2, -0.15) is 0 Å². The second kappa shape index (κ2) is 7.76. The van der Waals surface area contributed by atoms with E-state index >= 15 is 0 Å². The Balaban J connectivity index is 1.82. The van der Waals surface area contributed by atoms with Crippen LogP contribution in [0, 0.1) is 6.92 Å². The molecule has 140 valence electrons. The molecule has 0 atom stereocenters. The van der Waals surface area contributed by atoms with Crippen LogP contribution in [-0.2, 0) is 11.5 Å². The Hall–Kier alpha value is -1.28. The lowest BCUT2D eigenvalue weighted by Gasteiger charge is -2.15. The maximum absolute atomic E-state index is 6.62. The average molecular weight is 410 g/mol. The number of fused-ring (bicyclic) bond motifs is 1. The second-order valence-corrected chi connectivity index (χ2v) is 14.2. The van der Waals surface area contributed by atoms with Crippen LogP contribution in [0.5, 0.6) is 0 Å². The molecule has 0 saturated heterocycles. The van der Waals surface area contributed by atoms with Crippen molar-refractivity contribution in [3.63, 3.8) is 0 Å². The Morgan fingerprint density at radius 1 is 1.35 bits per heavy atom. The number of oxazole rings is 1. The summed E-state index contributed by atoms with van der Waals surface area (Å²) in [5.74, 6) is 0.505. The molecular weight excluding hydrogens is 386 g/mol. The number of nitrogens with zero attached hydrogens (tertiary/aromatic N) is 3. The molecule has 3 aromatic heterocycles. The maximum Gasteiger partial charge on any atom is 0.230 e. The third-order valence-corrected chi connectivity index (χ3v) is 6.98. The number of rotatable bonds is 7. The van der Waals surface area contributed by atoms with E-state index in [0.717, 1.165) is 34.5 Å². The van der Waals surface area contributed by atoms with Gasteiger partial charge in [-0.3, -0.25) is 0 Å². The minimum absolute atomic E-state index is 0.478. The number of pyridine rings is 1. The van der Waals surface area contributed by atoms with Crippen molar-refractivity contribution in [2.45, 2.75) is 44.4 Å². The van der Waals surface area contributed by atoms with E-state index in [1.165, 1.54) is 11.8 Å². The van der Waals surface area contributed by atoms with Gasteiger partial charge in [-0.05, 0) is 25.3 Å². The van der Waals surface area contributed by atoms with Gasteiger partial charge in [0, 0.05) is 32.5 Å². The zero-order valence-corrected chi connectivity index (χ0v) is 18.4. The fraction of sp³-hybridized carbons (Fsp3) is 0.444. The van der Waals surface area contributed by atoms with Crippen LogP contribution in [0.3, 0.4) is 0 Å². The fourth-order valence-electron chi connectivity index (χ4n) is 2.59. The van der Waals surface area contributed by atoms with Crippen LogP contribution in [0.4, 0.5) is 0 Å². The molecule has 3 rings (SSSR count). The predicted octanol–water partition coefficient (Wildman–Crippen LogP) is 5.69. The zero-order chi connectivity index (χ0) is 18.9. The standard InChI is InChI=1S/C18H24ClN3O2SSi/c1-12-18(25-2)24-17(21-12)14-10-20-16-13(15(14)19)6-7-22(16)11-23-8-9-26(3,4)5/h6-7,10H,8-9,11H2,1-5H3. The summed E-state index contributed by atoms with van der Waals surface area (Å²) < 4.78 is 13.6. The molecule has 3 aromatic rings. The van der Waals surface area contributed by atoms with Crippen LogP contribution in [0.25, 0.3) is 22.5 Å². The van der Waals surface area contributed by atoms with Gasteiger partial charge in [0.05, 0.1) is 16.3 Å². The van der Waals surface area contributed by atoms with Gasteiger partial charge in [0.25, 0.3) is 0 Å². The van der Waals surface area contributed by atoms with E-state index in [4.69, 9.17) is 20.8 Å². The van der Waals surface area contributed by atoms with Crippen molar-refractivity contribution < 1.29 is 9.15 Å². The highest BCUT2D eigenvalue weighted by Gasteiger charge is 2.18. The topological polar surface area (TPSA) is 53.1 Å². The smallest absolute Gasteiger partial charge is 0.230 e. The monoisotopic (exact) mass is 409 g/mol. The lowest BCUT2D eigenvalue weighted by Crippen LogP contribution is -2.22. The second-order valence-electron chi connectivity index (χ2n) is 7.45. The van der Waals surface area contributed by atoms with Gasteiger partial charge in [0.15, 0.2) is 5.09 Å². The van der Waals surface area contributed by atoms with Crippen molar-refractivity contribution in [1.82, 2.24) is 14.5 Å². The lowest BCUT2D eigenvalue weighted by atomic mass is 10.2. The molecule has 0 aliphatic heterocycles. The third kappa shape index (κ3) is 4.17. The van der Waals surface area contributed by atoms with Gasteiger partial charge in [0.2, 0.25) is 5.89 Å². The third-order valence-electron chi connectivity index (χ3n) is 4.12. The van der Waals surface area contributed by atoms with Crippen molar-refractivity contribution >= 4 is 42.5 Å². The number of ether oxygens (including phenoxy) is 1. The van der Waals surface area contributed by atoms with Crippen molar-refractivity contribution in [2.24, 2.45) is 0 Å². The van der Waals surface area contributed by atoms with Crippen molar-refractivity contribution in [3.05, 3.63) is 29.2 Å². The Kier molecular flexibility index (Phi) is 5.81. The SMILES string of the molecule is CSc1oc(-c2cnc3c(ccn3COCC[Si](C)(C)C)c2Cl)nc1C. The van der Waals surface area contributed by atoms with Gasteiger partial charge < -0.3 is 13.7 Å². The summed E-state index contributed by atoms with van der Waals surface area (Å²) in [4.78, 5) is 9.04. The zero-order valence-electron chi connectivity index (χ0n) is 15.8. The normalized spacial score (nSPS) is 12.2. The molecule has 0 radical (unpaired) electrons. The van der Waals surface area contributed by atoms with E-state index in [-0.39, 0.29) is 0 Å². The van der Waals surface area contributed by atoms with Crippen LogP contribution < -0.4 is 0 Å². The first-order valence-electron chi connectivity index (χ1n) is 8.53. The summed E-state index contributed by atoms with van der Waals surface area (Å²) >= 11 is 8.15. The van der Waals surface area contributed by atoms with Gasteiger partial charge >= 0.3 is 0 Å². The molecule has 0 spiro atoms. The first-order valence-corrected chi connectivity index (χ1v) is 13.8. The van der Waals surface area contributed by atoms with Crippen molar-refractivity contribution in [1.29, 1.82) is 0 Å². The summed E-state index contributed by atoms with van der Waals surface area (Å²) in [6.07, 6.45) is 5.64. The van der Waals surface area contributed by atoms with Crippen molar-refractivity contribution in [3.8, 4) is 11.5 Å². The van der Waals surface area contributed by atoms with E-state index in [1.54, 1.807) is 6.20 Å². The highest BCUT2D eigenvalue weighted by atomic mass is 35.5. The molecule has 0 amide bonds. The van der Waals surface area contributed by atoms with Crippen molar-refractivity contribution in [2.75, 3.05) is 12.9 Å². The summed E-state index contributed by atoms with van der Waals surface area (Å²) in [7, 11) is -1.08. The Morgan fingerprint density at radius 2 is 2.12 bits per heavy atom. The molecule has 0 fully saturated rings. The van der Waals surface area contributed by atoms with E-state index in [2.05, 4.69) is 29.6 Å². The average Bonchev–Trinajstić information content (AvgIpc) is 3.15. The minimum Gasteiger partial charge on any atom is -0.429 e. The molecule has 0 unspecified atom stereocenters. The van der Waals surface area contributed by atoms with E-state index in [0.29, 0.717) is 23.2 Å². The van der Waals surface area contributed by atoms with Crippen LogP contribution in [-0.4, -0.2) is 35.5 Å². The molecule has 0 aliphatic carbocycles. The highest BCUT2D eigenvalue weighted by molar-refractivity contribution is 7.98. The van der Waals surface area contributed by atoms with Gasteiger partial charge in [0.1, 0.15) is 12.4 Å². The highest BCUT2D eigenvalue weighted by Crippen LogP contribution is 2.35. The minimum atomic E-state index is -1.08. The molecule has 5 nitrogen and oxygen atoms in total. The maximum atomic E-state index is 6.62. The Labute approximate surface area is 164 Å². The van der Waals surface area contributed by atoms with Crippen LogP contribution in [0.2, 0.25) is 30.7 Å². The molecule has 0 N–H and O–H groups in total. The summed E-state index contributed by atoms with van der Waals surface area (Å²) in [6, 6.07) is 3.10.